The molecule has 1 aliphatic heterocycles. The van der Waals surface area contributed by atoms with Gasteiger partial charge in [0, 0.05) is 44.1 Å². The van der Waals surface area contributed by atoms with Gasteiger partial charge in [0.15, 0.2) is 9.84 Å². The zero-order valence-corrected chi connectivity index (χ0v) is 14.6. The van der Waals surface area contributed by atoms with Gasteiger partial charge in [-0.1, -0.05) is 0 Å². The Hall–Kier alpha value is -1.09. The van der Waals surface area contributed by atoms with Gasteiger partial charge >= 0.3 is 0 Å². The molecule has 10 heteroatoms. The molecule has 126 valence electrons. The SMILES string of the molecule is CC1CN(c2cc([N+](=O)[O-])ccc2S(C)(=O)=O)CCN1.Cl.Cl. The molecule has 1 heterocycles. The van der Waals surface area contributed by atoms with E-state index in [1.165, 1.54) is 18.2 Å². The zero-order chi connectivity index (χ0) is 14.9. The Morgan fingerprint density at radius 2 is 2.00 bits per heavy atom. The van der Waals surface area contributed by atoms with Crippen LogP contribution < -0.4 is 10.2 Å². The zero-order valence-electron chi connectivity index (χ0n) is 12.2. The van der Waals surface area contributed by atoms with Crippen molar-refractivity contribution < 1.29 is 13.3 Å². The van der Waals surface area contributed by atoms with Gasteiger partial charge in [0.1, 0.15) is 0 Å². The number of benzene rings is 1. The summed E-state index contributed by atoms with van der Waals surface area (Å²) in [6, 6.07) is 4.09. The molecule has 0 amide bonds. The molecule has 2 rings (SSSR count). The summed E-state index contributed by atoms with van der Waals surface area (Å²) in [7, 11) is -3.43. The van der Waals surface area contributed by atoms with Gasteiger partial charge in [0.25, 0.3) is 5.69 Å². The number of nitro groups is 1. The Bertz CT molecular complexity index is 639. The summed E-state index contributed by atoms with van der Waals surface area (Å²) in [5, 5.41) is 14.1. The Morgan fingerprint density at radius 3 is 2.50 bits per heavy atom. The average molecular weight is 372 g/mol. The van der Waals surface area contributed by atoms with Crippen LogP contribution in [0.5, 0.6) is 0 Å². The molecule has 1 aromatic rings. The molecule has 22 heavy (non-hydrogen) atoms. The highest BCUT2D eigenvalue weighted by Gasteiger charge is 2.24. The number of non-ortho nitro benzene ring substituents is 1. The Kier molecular flexibility index (Phi) is 7.56. The topological polar surface area (TPSA) is 92.5 Å². The number of anilines is 1. The van der Waals surface area contributed by atoms with Gasteiger partial charge < -0.3 is 10.2 Å². The summed E-state index contributed by atoms with van der Waals surface area (Å²) in [6.45, 7) is 3.94. The molecule has 0 bridgehead atoms. The molecule has 0 spiro atoms. The third kappa shape index (κ3) is 4.70. The van der Waals surface area contributed by atoms with Crippen molar-refractivity contribution in [2.24, 2.45) is 0 Å². The lowest BCUT2D eigenvalue weighted by Crippen LogP contribution is -2.49. The molecule has 1 fully saturated rings. The van der Waals surface area contributed by atoms with Crippen LogP contribution in [0.4, 0.5) is 11.4 Å². The molecule has 1 aliphatic rings. The minimum atomic E-state index is -3.43. The number of nitrogens with one attached hydrogen (secondary N) is 1. The summed E-state index contributed by atoms with van der Waals surface area (Å²) in [6.07, 6.45) is 1.11. The van der Waals surface area contributed by atoms with Crippen LogP contribution in [0.25, 0.3) is 0 Å². The lowest BCUT2D eigenvalue weighted by molar-refractivity contribution is -0.384. The Balaban J connectivity index is 0.00000220. The van der Waals surface area contributed by atoms with E-state index < -0.39 is 14.8 Å². The van der Waals surface area contributed by atoms with E-state index in [0.717, 1.165) is 6.26 Å². The van der Waals surface area contributed by atoms with E-state index in [1.54, 1.807) is 0 Å². The fraction of sp³-hybridized carbons (Fsp3) is 0.500. The lowest BCUT2D eigenvalue weighted by atomic mass is 10.2. The maximum Gasteiger partial charge on any atom is 0.271 e. The molecule has 0 radical (unpaired) electrons. The highest BCUT2D eigenvalue weighted by atomic mass is 35.5. The second-order valence-corrected chi connectivity index (χ2v) is 6.97. The molecule has 1 saturated heterocycles. The van der Waals surface area contributed by atoms with Gasteiger partial charge in [0.2, 0.25) is 0 Å². The smallest absolute Gasteiger partial charge is 0.271 e. The first-order valence-corrected chi connectivity index (χ1v) is 8.15. The minimum Gasteiger partial charge on any atom is -0.367 e. The van der Waals surface area contributed by atoms with Crippen molar-refractivity contribution in [2.45, 2.75) is 17.9 Å². The van der Waals surface area contributed by atoms with Crippen molar-refractivity contribution >= 4 is 46.0 Å². The monoisotopic (exact) mass is 371 g/mol. The van der Waals surface area contributed by atoms with E-state index >= 15 is 0 Å². The molecular weight excluding hydrogens is 353 g/mol. The highest BCUT2D eigenvalue weighted by molar-refractivity contribution is 7.90. The number of piperazine rings is 1. The summed E-state index contributed by atoms with van der Waals surface area (Å²) in [4.78, 5) is 12.4. The van der Waals surface area contributed by atoms with Gasteiger partial charge in [-0.05, 0) is 13.0 Å². The molecule has 0 saturated carbocycles. The van der Waals surface area contributed by atoms with E-state index in [1.807, 2.05) is 11.8 Å². The van der Waals surface area contributed by atoms with Crippen molar-refractivity contribution in [3.63, 3.8) is 0 Å². The quantitative estimate of drug-likeness (QED) is 0.641. The molecule has 0 aliphatic carbocycles. The highest BCUT2D eigenvalue weighted by Crippen LogP contribution is 2.30. The van der Waals surface area contributed by atoms with Crippen LogP contribution >= 0.6 is 24.8 Å². The normalized spacial score (nSPS) is 18.1. The summed E-state index contributed by atoms with van der Waals surface area (Å²) in [5.41, 5.74) is 0.314. The second kappa shape index (κ2) is 7.96. The fourth-order valence-electron chi connectivity index (χ4n) is 2.33. The van der Waals surface area contributed by atoms with Crippen molar-refractivity contribution in [2.75, 3.05) is 30.8 Å². The lowest BCUT2D eigenvalue weighted by Gasteiger charge is -2.34. The predicted molar refractivity (Wildman–Crippen MR) is 90.4 cm³/mol. The molecule has 1 aromatic carbocycles. The number of nitrogens with zero attached hydrogens (tertiary/aromatic N) is 2. The van der Waals surface area contributed by atoms with E-state index in [-0.39, 0.29) is 41.4 Å². The standard InChI is InChI=1S/C12H17N3O4S.2ClH/c1-9-8-14(6-5-13-9)11-7-10(15(16)17)3-4-12(11)20(2,18)19;;/h3-4,7,9,13H,5-6,8H2,1-2H3;2*1H. The van der Waals surface area contributed by atoms with E-state index in [9.17, 15) is 18.5 Å². The molecule has 1 unspecified atom stereocenters. The van der Waals surface area contributed by atoms with Crippen molar-refractivity contribution in [3.8, 4) is 0 Å². The van der Waals surface area contributed by atoms with Crippen molar-refractivity contribution in [1.82, 2.24) is 5.32 Å². The first-order valence-electron chi connectivity index (χ1n) is 6.26. The number of hydrogen-bond donors (Lipinski definition) is 1. The third-order valence-corrected chi connectivity index (χ3v) is 4.41. The van der Waals surface area contributed by atoms with Gasteiger partial charge in [-0.3, -0.25) is 10.1 Å². The Morgan fingerprint density at radius 1 is 1.36 bits per heavy atom. The number of rotatable bonds is 3. The average Bonchev–Trinajstić information content (AvgIpc) is 2.37. The van der Waals surface area contributed by atoms with Crippen LogP contribution in [0.3, 0.4) is 0 Å². The number of sulfone groups is 1. The molecule has 0 aromatic heterocycles. The van der Waals surface area contributed by atoms with Crippen LogP contribution in [-0.2, 0) is 9.84 Å². The summed E-state index contributed by atoms with van der Waals surface area (Å²) in [5.74, 6) is 0. The molecule has 1 atom stereocenters. The van der Waals surface area contributed by atoms with Crippen LogP contribution in [0.15, 0.2) is 23.1 Å². The van der Waals surface area contributed by atoms with E-state index in [4.69, 9.17) is 0 Å². The van der Waals surface area contributed by atoms with Gasteiger partial charge in [0.05, 0.1) is 15.5 Å². The van der Waals surface area contributed by atoms with Crippen LogP contribution in [0, 0.1) is 10.1 Å². The van der Waals surface area contributed by atoms with Crippen LogP contribution in [0.2, 0.25) is 0 Å². The Labute approximate surface area is 142 Å². The second-order valence-electron chi connectivity index (χ2n) is 4.98. The maximum atomic E-state index is 11.8. The van der Waals surface area contributed by atoms with Crippen LogP contribution in [-0.4, -0.2) is 45.3 Å². The van der Waals surface area contributed by atoms with Crippen molar-refractivity contribution in [1.29, 1.82) is 0 Å². The van der Waals surface area contributed by atoms with Gasteiger partial charge in [-0.2, -0.15) is 0 Å². The summed E-state index contributed by atoms with van der Waals surface area (Å²) < 4.78 is 23.7. The fourth-order valence-corrected chi connectivity index (χ4v) is 3.21. The first kappa shape index (κ1) is 20.9. The molecule has 7 nitrogen and oxygen atoms in total. The summed E-state index contributed by atoms with van der Waals surface area (Å²) >= 11 is 0. The van der Waals surface area contributed by atoms with E-state index in [0.29, 0.717) is 25.3 Å². The van der Waals surface area contributed by atoms with Gasteiger partial charge in [-0.15, -0.1) is 24.8 Å². The van der Waals surface area contributed by atoms with Crippen molar-refractivity contribution in [3.05, 3.63) is 28.3 Å². The minimum absolute atomic E-state index is 0. The third-order valence-electron chi connectivity index (χ3n) is 3.26. The number of halogens is 2. The molecular formula is C12H19Cl2N3O4S. The number of nitro benzene ring substituents is 1. The predicted octanol–water partition coefficient (Wildman–Crippen LogP) is 1.64. The van der Waals surface area contributed by atoms with Crippen LogP contribution in [0.1, 0.15) is 6.92 Å². The maximum absolute atomic E-state index is 11.8. The number of hydrogen-bond acceptors (Lipinski definition) is 6. The van der Waals surface area contributed by atoms with Gasteiger partial charge in [-0.25, -0.2) is 8.42 Å². The largest absolute Gasteiger partial charge is 0.367 e. The van der Waals surface area contributed by atoms with E-state index in [2.05, 4.69) is 5.32 Å². The first-order chi connectivity index (χ1) is 9.29. The molecule has 1 N–H and O–H groups in total.